The van der Waals surface area contributed by atoms with Crippen molar-refractivity contribution in [1.29, 1.82) is 0 Å². The number of ether oxygens (including phenoxy) is 3. The summed E-state index contributed by atoms with van der Waals surface area (Å²) in [6.45, 7) is 4.16. The third kappa shape index (κ3) is 3.17. The highest BCUT2D eigenvalue weighted by Gasteiger charge is 2.30. The number of nitrogens with one attached hydrogen (secondary N) is 1. The zero-order chi connectivity index (χ0) is 18.1. The summed E-state index contributed by atoms with van der Waals surface area (Å²) in [7, 11) is 1.66. The normalized spacial score (nSPS) is 24.3. The Kier molecular flexibility index (Phi) is 4.60. The largest absolute Gasteiger partial charge is 0.493 e. The van der Waals surface area contributed by atoms with E-state index in [9.17, 15) is 4.79 Å². The predicted molar refractivity (Wildman–Crippen MR) is 92.2 cm³/mol. The molecule has 1 aromatic carbocycles. The summed E-state index contributed by atoms with van der Waals surface area (Å²) in [5, 5.41) is 11.2. The first kappa shape index (κ1) is 17.0. The molecule has 1 saturated heterocycles. The van der Waals surface area contributed by atoms with Crippen LogP contribution in [0.25, 0.3) is 0 Å². The van der Waals surface area contributed by atoms with E-state index in [1.165, 1.54) is 0 Å². The van der Waals surface area contributed by atoms with Crippen LogP contribution in [0, 0.1) is 0 Å². The minimum atomic E-state index is -0.139. The lowest BCUT2D eigenvalue weighted by Crippen LogP contribution is -2.25. The van der Waals surface area contributed by atoms with Crippen molar-refractivity contribution in [2.24, 2.45) is 0 Å². The standard InChI is InChI=1S/C18H22N4O4/c1-11-8-26-16-4-3-12(5-14(11)16)18(23)19-6-13-7-22(21-20-13)15-9-25-10-17(15)24-2/h3-5,7,11,15,17H,6,8-10H2,1-2H3,(H,19,23)/t11?,15-,17-/m1/s1. The molecule has 0 saturated carbocycles. The Labute approximate surface area is 151 Å². The Hall–Kier alpha value is -2.45. The number of hydrogen-bond acceptors (Lipinski definition) is 6. The fourth-order valence-electron chi connectivity index (χ4n) is 3.34. The maximum Gasteiger partial charge on any atom is 0.251 e. The van der Waals surface area contributed by atoms with Crippen molar-refractivity contribution >= 4 is 5.91 Å². The number of carbonyl (C=O) groups is 1. The highest BCUT2D eigenvalue weighted by Crippen LogP contribution is 2.34. The molecule has 1 aromatic heterocycles. The SMILES string of the molecule is CO[C@@H]1COC[C@H]1n1cc(CNC(=O)c2ccc3c(c2)C(C)CO3)nn1. The molecule has 2 aliphatic rings. The first-order chi connectivity index (χ1) is 12.7. The van der Waals surface area contributed by atoms with E-state index >= 15 is 0 Å². The molecular formula is C18H22N4O4. The maximum absolute atomic E-state index is 12.4. The van der Waals surface area contributed by atoms with Crippen molar-refractivity contribution in [3.63, 3.8) is 0 Å². The van der Waals surface area contributed by atoms with E-state index in [-0.39, 0.29) is 18.1 Å². The monoisotopic (exact) mass is 358 g/mol. The van der Waals surface area contributed by atoms with Gasteiger partial charge < -0.3 is 19.5 Å². The fourth-order valence-corrected chi connectivity index (χ4v) is 3.34. The minimum absolute atomic E-state index is 0.00940. The van der Waals surface area contributed by atoms with Crippen LogP contribution in [0.2, 0.25) is 0 Å². The van der Waals surface area contributed by atoms with Crippen LogP contribution in [0.4, 0.5) is 0 Å². The summed E-state index contributed by atoms with van der Waals surface area (Å²) < 4.78 is 18.1. The zero-order valence-electron chi connectivity index (χ0n) is 14.8. The van der Waals surface area contributed by atoms with Gasteiger partial charge in [0.2, 0.25) is 0 Å². The average Bonchev–Trinajstić information content (AvgIpc) is 3.39. The van der Waals surface area contributed by atoms with Crippen LogP contribution in [-0.4, -0.2) is 53.9 Å². The van der Waals surface area contributed by atoms with Gasteiger partial charge in [-0.2, -0.15) is 0 Å². The van der Waals surface area contributed by atoms with Crippen LogP contribution >= 0.6 is 0 Å². The highest BCUT2D eigenvalue weighted by atomic mass is 16.5. The van der Waals surface area contributed by atoms with E-state index in [0.29, 0.717) is 43.5 Å². The van der Waals surface area contributed by atoms with Gasteiger partial charge in [-0.25, -0.2) is 4.68 Å². The van der Waals surface area contributed by atoms with Gasteiger partial charge in [-0.15, -0.1) is 5.10 Å². The van der Waals surface area contributed by atoms with Crippen LogP contribution in [0.15, 0.2) is 24.4 Å². The molecule has 0 radical (unpaired) electrons. The molecule has 2 aliphatic heterocycles. The summed E-state index contributed by atoms with van der Waals surface area (Å²) in [5.41, 5.74) is 2.39. The maximum atomic E-state index is 12.4. The van der Waals surface area contributed by atoms with Gasteiger partial charge in [0.05, 0.1) is 32.6 Å². The quantitative estimate of drug-likeness (QED) is 0.867. The van der Waals surface area contributed by atoms with Crippen molar-refractivity contribution in [1.82, 2.24) is 20.3 Å². The van der Waals surface area contributed by atoms with Crippen LogP contribution in [0.5, 0.6) is 5.75 Å². The highest BCUT2D eigenvalue weighted by molar-refractivity contribution is 5.94. The predicted octanol–water partition coefficient (Wildman–Crippen LogP) is 1.29. The Morgan fingerprint density at radius 1 is 1.38 bits per heavy atom. The number of fused-ring (bicyclic) bond motifs is 1. The summed E-state index contributed by atoms with van der Waals surface area (Å²) in [5.74, 6) is 1.03. The van der Waals surface area contributed by atoms with Crippen molar-refractivity contribution < 1.29 is 19.0 Å². The van der Waals surface area contributed by atoms with Gasteiger partial charge in [-0.1, -0.05) is 12.1 Å². The van der Waals surface area contributed by atoms with Crippen LogP contribution in [0.3, 0.4) is 0 Å². The molecule has 8 heteroatoms. The molecule has 138 valence electrons. The molecule has 1 fully saturated rings. The Morgan fingerprint density at radius 3 is 3.12 bits per heavy atom. The molecule has 4 rings (SSSR count). The number of nitrogens with zero attached hydrogens (tertiary/aromatic N) is 3. The summed E-state index contributed by atoms with van der Waals surface area (Å²) in [6.07, 6.45) is 1.79. The van der Waals surface area contributed by atoms with Crippen molar-refractivity contribution in [2.45, 2.75) is 31.5 Å². The second kappa shape index (κ2) is 7.05. The third-order valence-corrected chi connectivity index (χ3v) is 4.92. The molecule has 2 aromatic rings. The first-order valence-corrected chi connectivity index (χ1v) is 8.72. The van der Waals surface area contributed by atoms with Crippen molar-refractivity contribution in [2.75, 3.05) is 26.9 Å². The average molecular weight is 358 g/mol. The number of benzene rings is 1. The molecule has 0 aliphatic carbocycles. The molecule has 3 heterocycles. The Morgan fingerprint density at radius 2 is 2.27 bits per heavy atom. The second-order valence-electron chi connectivity index (χ2n) is 6.72. The lowest BCUT2D eigenvalue weighted by Gasteiger charge is -2.15. The molecule has 3 atom stereocenters. The fraction of sp³-hybridized carbons (Fsp3) is 0.500. The molecule has 1 amide bonds. The topological polar surface area (TPSA) is 87.5 Å². The third-order valence-electron chi connectivity index (χ3n) is 4.92. The smallest absolute Gasteiger partial charge is 0.251 e. The van der Waals surface area contributed by atoms with Crippen molar-refractivity contribution in [3.8, 4) is 5.75 Å². The van der Waals surface area contributed by atoms with Gasteiger partial charge in [0, 0.05) is 24.2 Å². The van der Waals surface area contributed by atoms with Crippen LogP contribution in [0.1, 0.15) is 40.5 Å². The van der Waals surface area contributed by atoms with E-state index in [4.69, 9.17) is 14.2 Å². The number of hydrogen-bond donors (Lipinski definition) is 1. The summed E-state index contributed by atoms with van der Waals surface area (Å²) in [4.78, 5) is 12.4. The van der Waals surface area contributed by atoms with Gasteiger partial charge in [-0.05, 0) is 18.2 Å². The van der Waals surface area contributed by atoms with E-state index in [2.05, 4.69) is 22.6 Å². The van der Waals surface area contributed by atoms with Crippen LogP contribution < -0.4 is 10.1 Å². The number of rotatable bonds is 5. The number of aromatic nitrogens is 3. The Balaban J connectivity index is 1.39. The lowest BCUT2D eigenvalue weighted by molar-refractivity contribution is 0.0661. The summed E-state index contributed by atoms with van der Waals surface area (Å²) in [6, 6.07) is 5.55. The van der Waals surface area contributed by atoms with Crippen LogP contribution in [-0.2, 0) is 16.0 Å². The second-order valence-corrected chi connectivity index (χ2v) is 6.72. The number of carbonyl (C=O) groups excluding carboxylic acids is 1. The molecule has 0 bridgehead atoms. The molecule has 0 spiro atoms. The van der Waals surface area contributed by atoms with Gasteiger partial charge in [0.25, 0.3) is 5.91 Å². The van der Waals surface area contributed by atoms with Crippen molar-refractivity contribution in [3.05, 3.63) is 41.2 Å². The molecule has 1 N–H and O–H groups in total. The van der Waals surface area contributed by atoms with Gasteiger partial charge in [-0.3, -0.25) is 4.79 Å². The molecule has 26 heavy (non-hydrogen) atoms. The van der Waals surface area contributed by atoms with E-state index in [0.717, 1.165) is 11.3 Å². The molecule has 1 unspecified atom stereocenters. The summed E-state index contributed by atoms with van der Waals surface area (Å²) >= 11 is 0. The van der Waals surface area contributed by atoms with Gasteiger partial charge in [0.1, 0.15) is 23.6 Å². The Bertz CT molecular complexity index is 806. The lowest BCUT2D eigenvalue weighted by atomic mass is 10.0. The van der Waals surface area contributed by atoms with Gasteiger partial charge in [0.15, 0.2) is 0 Å². The molecule has 8 nitrogen and oxygen atoms in total. The number of amides is 1. The van der Waals surface area contributed by atoms with Gasteiger partial charge >= 0.3 is 0 Å². The first-order valence-electron chi connectivity index (χ1n) is 8.72. The van der Waals surface area contributed by atoms with E-state index in [1.807, 2.05) is 18.3 Å². The molecular weight excluding hydrogens is 336 g/mol. The van der Waals surface area contributed by atoms with E-state index in [1.54, 1.807) is 17.9 Å². The number of methoxy groups -OCH3 is 1. The minimum Gasteiger partial charge on any atom is -0.493 e. The zero-order valence-corrected chi connectivity index (χ0v) is 14.8. The van der Waals surface area contributed by atoms with E-state index < -0.39 is 0 Å².